The summed E-state index contributed by atoms with van der Waals surface area (Å²) in [7, 11) is 0. The molecule has 0 fully saturated rings. The average molecular weight is 314 g/mol. The molecule has 0 N–H and O–H groups in total. The van der Waals surface area contributed by atoms with Crippen molar-refractivity contribution in [1.29, 1.82) is 0 Å². The predicted octanol–water partition coefficient (Wildman–Crippen LogP) is 4.19. The van der Waals surface area contributed by atoms with E-state index in [1.807, 2.05) is 23.9 Å². The Morgan fingerprint density at radius 3 is 2.52 bits per heavy atom. The van der Waals surface area contributed by atoms with Crippen LogP contribution in [0.5, 0.6) is 0 Å². The summed E-state index contributed by atoms with van der Waals surface area (Å²) >= 11 is 7.94. The standard InChI is InChI=1S/C17H14ClN2S/c18-14-6-8-15(9-7-14)20-12-19-10-11-21-17(19)16(20)13-4-2-1-3-5-13/h1-9,12H,10-11H2/q+1. The van der Waals surface area contributed by atoms with Crippen LogP contribution in [0, 0.1) is 0 Å². The third-order valence-corrected chi connectivity index (χ3v) is 5.02. The van der Waals surface area contributed by atoms with Crippen LogP contribution in [0.25, 0.3) is 16.9 Å². The van der Waals surface area contributed by atoms with Gasteiger partial charge in [-0.25, -0.2) is 4.57 Å². The lowest BCUT2D eigenvalue weighted by molar-refractivity contribution is -0.721. The van der Waals surface area contributed by atoms with Crippen molar-refractivity contribution in [3.05, 3.63) is 65.9 Å². The number of thioether (sulfide) groups is 1. The molecule has 1 aliphatic rings. The van der Waals surface area contributed by atoms with E-state index in [9.17, 15) is 0 Å². The quantitative estimate of drug-likeness (QED) is 0.644. The van der Waals surface area contributed by atoms with Crippen LogP contribution in [0.3, 0.4) is 0 Å². The van der Waals surface area contributed by atoms with Gasteiger partial charge in [-0.05, 0) is 24.3 Å². The molecule has 0 radical (unpaired) electrons. The molecule has 21 heavy (non-hydrogen) atoms. The first-order chi connectivity index (χ1) is 10.3. The number of hydrogen-bond donors (Lipinski definition) is 0. The number of aromatic nitrogens is 2. The topological polar surface area (TPSA) is 8.81 Å². The van der Waals surface area contributed by atoms with Crippen LogP contribution in [0.2, 0.25) is 5.02 Å². The van der Waals surface area contributed by atoms with Crippen LogP contribution in [-0.2, 0) is 6.54 Å². The van der Waals surface area contributed by atoms with Gasteiger partial charge in [-0.15, -0.1) is 0 Å². The van der Waals surface area contributed by atoms with E-state index in [2.05, 4.69) is 57.9 Å². The Balaban J connectivity index is 1.94. The van der Waals surface area contributed by atoms with Crippen molar-refractivity contribution in [2.75, 3.05) is 5.75 Å². The Morgan fingerprint density at radius 2 is 1.76 bits per heavy atom. The van der Waals surface area contributed by atoms with Crippen molar-refractivity contribution in [1.82, 2.24) is 4.57 Å². The minimum absolute atomic E-state index is 0.765. The van der Waals surface area contributed by atoms with Gasteiger partial charge in [0.1, 0.15) is 12.2 Å². The molecule has 0 bridgehead atoms. The first-order valence-corrected chi connectivity index (χ1v) is 8.28. The Labute approximate surface area is 133 Å². The van der Waals surface area contributed by atoms with Gasteiger partial charge in [0, 0.05) is 16.3 Å². The van der Waals surface area contributed by atoms with Crippen LogP contribution in [-0.4, -0.2) is 10.3 Å². The van der Waals surface area contributed by atoms with Crippen molar-refractivity contribution in [3.63, 3.8) is 0 Å². The number of benzene rings is 2. The second-order valence-electron chi connectivity index (χ2n) is 5.02. The molecule has 4 heteroatoms. The molecule has 2 heterocycles. The normalized spacial score (nSPS) is 13.4. The lowest BCUT2D eigenvalue weighted by atomic mass is 10.1. The lowest BCUT2D eigenvalue weighted by Crippen LogP contribution is -2.30. The number of hydrogen-bond acceptors (Lipinski definition) is 1. The molecule has 0 amide bonds. The van der Waals surface area contributed by atoms with Gasteiger partial charge in [0.25, 0.3) is 0 Å². The zero-order chi connectivity index (χ0) is 14.2. The molecule has 0 saturated heterocycles. The summed E-state index contributed by atoms with van der Waals surface area (Å²) < 4.78 is 4.59. The summed E-state index contributed by atoms with van der Waals surface area (Å²) in [6, 6.07) is 18.6. The largest absolute Gasteiger partial charge is 0.250 e. The lowest BCUT2D eigenvalue weighted by Gasteiger charge is -2.03. The Morgan fingerprint density at radius 1 is 1.00 bits per heavy atom. The van der Waals surface area contributed by atoms with E-state index in [-0.39, 0.29) is 0 Å². The van der Waals surface area contributed by atoms with Crippen molar-refractivity contribution in [3.8, 4) is 16.9 Å². The molecule has 0 saturated carbocycles. The summed E-state index contributed by atoms with van der Waals surface area (Å²) in [4.78, 5) is 0. The fraction of sp³-hybridized carbons (Fsp3) is 0.118. The maximum absolute atomic E-state index is 6.01. The van der Waals surface area contributed by atoms with Crippen molar-refractivity contribution >= 4 is 23.4 Å². The molecule has 1 aliphatic heterocycles. The number of fused-ring (bicyclic) bond motifs is 1. The van der Waals surface area contributed by atoms with E-state index in [1.54, 1.807) is 0 Å². The summed E-state index contributed by atoms with van der Waals surface area (Å²) in [5.41, 5.74) is 3.65. The third-order valence-electron chi connectivity index (χ3n) is 3.68. The molecule has 1 aromatic heterocycles. The molecular formula is C17H14ClN2S+. The third kappa shape index (κ3) is 2.27. The number of nitrogens with zero attached hydrogens (tertiary/aromatic N) is 2. The van der Waals surface area contributed by atoms with Crippen LogP contribution in [0.1, 0.15) is 0 Å². The monoisotopic (exact) mass is 313 g/mol. The van der Waals surface area contributed by atoms with Gasteiger partial charge < -0.3 is 0 Å². The number of aryl methyl sites for hydroxylation is 1. The number of rotatable bonds is 2. The molecule has 104 valence electrons. The minimum atomic E-state index is 0.765. The summed E-state index contributed by atoms with van der Waals surface area (Å²) in [5, 5.41) is 2.11. The summed E-state index contributed by atoms with van der Waals surface area (Å²) in [6.45, 7) is 1.07. The van der Waals surface area contributed by atoms with E-state index in [1.165, 1.54) is 16.3 Å². The van der Waals surface area contributed by atoms with Crippen LogP contribution in [0.15, 0.2) is 66.0 Å². The minimum Gasteiger partial charge on any atom is -0.223 e. The zero-order valence-corrected chi connectivity index (χ0v) is 12.9. The smallest absolute Gasteiger partial charge is 0.223 e. The van der Waals surface area contributed by atoms with Gasteiger partial charge in [-0.1, -0.05) is 53.7 Å². The fourth-order valence-corrected chi connectivity index (χ4v) is 3.96. The predicted molar refractivity (Wildman–Crippen MR) is 87.1 cm³/mol. The van der Waals surface area contributed by atoms with Gasteiger partial charge in [0.05, 0.1) is 0 Å². The van der Waals surface area contributed by atoms with E-state index >= 15 is 0 Å². The van der Waals surface area contributed by atoms with Crippen molar-refractivity contribution in [2.45, 2.75) is 11.6 Å². The van der Waals surface area contributed by atoms with Crippen LogP contribution in [0.4, 0.5) is 0 Å². The zero-order valence-electron chi connectivity index (χ0n) is 11.4. The maximum atomic E-state index is 6.01. The Kier molecular flexibility index (Phi) is 3.24. The summed E-state index contributed by atoms with van der Waals surface area (Å²) in [6.07, 6.45) is 2.20. The van der Waals surface area contributed by atoms with Crippen molar-refractivity contribution < 1.29 is 4.57 Å². The van der Waals surface area contributed by atoms with Gasteiger partial charge >= 0.3 is 0 Å². The Hall–Kier alpha value is -1.71. The molecule has 0 spiro atoms. The van der Waals surface area contributed by atoms with Gasteiger partial charge in [0.2, 0.25) is 11.4 Å². The van der Waals surface area contributed by atoms with Crippen molar-refractivity contribution in [2.24, 2.45) is 0 Å². The average Bonchev–Trinajstić information content (AvgIpc) is 3.09. The highest BCUT2D eigenvalue weighted by Crippen LogP contribution is 2.34. The van der Waals surface area contributed by atoms with E-state index in [0.29, 0.717) is 0 Å². The highest BCUT2D eigenvalue weighted by Gasteiger charge is 2.29. The maximum Gasteiger partial charge on any atom is 0.250 e. The van der Waals surface area contributed by atoms with Gasteiger partial charge in [-0.3, -0.25) is 0 Å². The summed E-state index contributed by atoms with van der Waals surface area (Å²) in [5.74, 6) is 1.15. The Bertz CT molecular complexity index is 779. The second kappa shape index (κ2) is 5.24. The first-order valence-electron chi connectivity index (χ1n) is 6.92. The molecule has 0 unspecified atom stereocenters. The number of halogens is 1. The number of imidazole rings is 1. The second-order valence-corrected chi connectivity index (χ2v) is 6.54. The molecule has 3 aromatic rings. The molecule has 2 aromatic carbocycles. The van der Waals surface area contributed by atoms with E-state index < -0.39 is 0 Å². The van der Waals surface area contributed by atoms with E-state index in [0.717, 1.165) is 23.0 Å². The van der Waals surface area contributed by atoms with E-state index in [4.69, 9.17) is 11.6 Å². The molecule has 2 nitrogen and oxygen atoms in total. The molecule has 0 aliphatic carbocycles. The molecular weight excluding hydrogens is 300 g/mol. The van der Waals surface area contributed by atoms with Gasteiger partial charge in [0.15, 0.2) is 5.69 Å². The highest BCUT2D eigenvalue weighted by molar-refractivity contribution is 7.99. The first kappa shape index (κ1) is 13.0. The van der Waals surface area contributed by atoms with Crippen LogP contribution < -0.4 is 4.57 Å². The molecule has 0 atom stereocenters. The molecule has 4 rings (SSSR count). The SMILES string of the molecule is Clc1ccc(-n2c[n+]3c(c2-c2ccccc2)SCC3)cc1. The highest BCUT2D eigenvalue weighted by atomic mass is 35.5. The van der Waals surface area contributed by atoms with Crippen LogP contribution >= 0.6 is 23.4 Å². The fourth-order valence-electron chi connectivity index (χ4n) is 2.70. The van der Waals surface area contributed by atoms with Gasteiger partial charge in [-0.2, -0.15) is 4.57 Å².